The van der Waals surface area contributed by atoms with Gasteiger partial charge in [0.25, 0.3) is 0 Å². The number of halogens is 1. The van der Waals surface area contributed by atoms with E-state index in [0.29, 0.717) is 5.02 Å². The smallest absolute Gasteiger partial charge is 0.242 e. The highest BCUT2D eigenvalue weighted by Gasteiger charge is 2.19. The third-order valence-electron chi connectivity index (χ3n) is 2.51. The molecule has 4 N–H and O–H groups in total. The Labute approximate surface area is 112 Å². The molecule has 1 aromatic carbocycles. The standard InChI is InChI=1S/C11H17ClN2O3S/c1-7(2)10(15)6-14-18(16,17)11-4-3-8(12)5-9(11)13/h3-5,7,10,14-15H,6,13H2,1-2H3. The fourth-order valence-corrected chi connectivity index (χ4v) is 2.62. The number of nitrogens with two attached hydrogens (primary N) is 1. The van der Waals surface area contributed by atoms with Crippen LogP contribution in [0, 0.1) is 5.92 Å². The van der Waals surface area contributed by atoms with Crippen molar-refractivity contribution in [3.8, 4) is 0 Å². The summed E-state index contributed by atoms with van der Waals surface area (Å²) in [5, 5.41) is 9.94. The van der Waals surface area contributed by atoms with E-state index in [1.54, 1.807) is 13.8 Å². The molecule has 0 aromatic heterocycles. The molecule has 0 spiro atoms. The summed E-state index contributed by atoms with van der Waals surface area (Å²) in [6.45, 7) is 3.55. The van der Waals surface area contributed by atoms with Gasteiger partial charge in [0.1, 0.15) is 4.90 Å². The number of hydrogen-bond donors (Lipinski definition) is 3. The van der Waals surface area contributed by atoms with Crippen molar-refractivity contribution in [2.75, 3.05) is 12.3 Å². The Kier molecular flexibility index (Phi) is 4.98. The lowest BCUT2D eigenvalue weighted by Gasteiger charge is -2.15. The van der Waals surface area contributed by atoms with Crippen molar-refractivity contribution < 1.29 is 13.5 Å². The van der Waals surface area contributed by atoms with Gasteiger partial charge >= 0.3 is 0 Å². The molecule has 0 amide bonds. The summed E-state index contributed by atoms with van der Waals surface area (Å²) in [5.74, 6) is -0.0322. The van der Waals surface area contributed by atoms with Crippen LogP contribution in [-0.4, -0.2) is 26.2 Å². The van der Waals surface area contributed by atoms with Crippen LogP contribution in [-0.2, 0) is 10.0 Å². The maximum absolute atomic E-state index is 11.9. The summed E-state index contributed by atoms with van der Waals surface area (Å²) < 4.78 is 26.2. The Morgan fingerprint density at radius 3 is 2.56 bits per heavy atom. The van der Waals surface area contributed by atoms with Gasteiger partial charge in [0, 0.05) is 11.6 Å². The number of hydrogen-bond acceptors (Lipinski definition) is 4. The minimum Gasteiger partial charge on any atom is -0.398 e. The second-order valence-electron chi connectivity index (χ2n) is 4.35. The summed E-state index contributed by atoms with van der Waals surface area (Å²) in [7, 11) is -3.73. The highest BCUT2D eigenvalue weighted by molar-refractivity contribution is 7.89. The van der Waals surface area contributed by atoms with Crippen LogP contribution in [0.25, 0.3) is 0 Å². The minimum atomic E-state index is -3.73. The number of benzene rings is 1. The van der Waals surface area contributed by atoms with Crippen molar-refractivity contribution in [1.82, 2.24) is 4.72 Å². The van der Waals surface area contributed by atoms with E-state index in [0.717, 1.165) is 0 Å². The van der Waals surface area contributed by atoms with Gasteiger partial charge in [0.2, 0.25) is 10.0 Å². The lowest BCUT2D eigenvalue weighted by atomic mass is 10.1. The first kappa shape index (κ1) is 15.2. The normalized spacial score (nSPS) is 13.8. The molecule has 0 heterocycles. The molecule has 0 aliphatic heterocycles. The number of aliphatic hydroxyl groups is 1. The zero-order valence-corrected chi connectivity index (χ0v) is 11.8. The molecule has 0 bridgehead atoms. The van der Waals surface area contributed by atoms with Crippen LogP contribution in [0.4, 0.5) is 5.69 Å². The number of sulfonamides is 1. The molecule has 1 rings (SSSR count). The van der Waals surface area contributed by atoms with Crippen molar-refractivity contribution in [3.63, 3.8) is 0 Å². The Balaban J connectivity index is 2.87. The quantitative estimate of drug-likeness (QED) is 0.712. The predicted octanol–water partition coefficient (Wildman–Crippen LogP) is 1.22. The van der Waals surface area contributed by atoms with Gasteiger partial charge < -0.3 is 10.8 Å². The Morgan fingerprint density at radius 1 is 1.44 bits per heavy atom. The first-order chi connectivity index (χ1) is 8.24. The van der Waals surface area contributed by atoms with Crippen LogP contribution in [0.1, 0.15) is 13.8 Å². The van der Waals surface area contributed by atoms with Crippen molar-refractivity contribution in [3.05, 3.63) is 23.2 Å². The zero-order chi connectivity index (χ0) is 13.9. The Hall–Kier alpha value is -0.820. The molecule has 5 nitrogen and oxygen atoms in total. The highest BCUT2D eigenvalue weighted by atomic mass is 35.5. The lowest BCUT2D eigenvalue weighted by Crippen LogP contribution is -2.35. The van der Waals surface area contributed by atoms with Gasteiger partial charge in [-0.25, -0.2) is 13.1 Å². The van der Waals surface area contributed by atoms with Crippen LogP contribution < -0.4 is 10.5 Å². The molecule has 7 heteroatoms. The van der Waals surface area contributed by atoms with Crippen molar-refractivity contribution in [2.45, 2.75) is 24.8 Å². The molecule has 0 aliphatic carbocycles. The fourth-order valence-electron chi connectivity index (χ4n) is 1.27. The van der Waals surface area contributed by atoms with Crippen molar-refractivity contribution >= 4 is 27.3 Å². The van der Waals surface area contributed by atoms with Crippen molar-refractivity contribution in [2.24, 2.45) is 5.92 Å². The van der Waals surface area contributed by atoms with E-state index in [1.165, 1.54) is 18.2 Å². The summed E-state index contributed by atoms with van der Waals surface area (Å²) in [4.78, 5) is -0.0390. The molecule has 1 atom stereocenters. The second kappa shape index (κ2) is 5.88. The Bertz CT molecular complexity index is 517. The average Bonchev–Trinajstić information content (AvgIpc) is 2.25. The summed E-state index contributed by atoms with van der Waals surface area (Å²) in [5.41, 5.74) is 5.69. The molecule has 0 saturated heterocycles. The number of aliphatic hydroxyl groups excluding tert-OH is 1. The third-order valence-corrected chi connectivity index (χ3v) is 4.25. The molecule has 1 unspecified atom stereocenters. The molecule has 18 heavy (non-hydrogen) atoms. The first-order valence-corrected chi connectivity index (χ1v) is 7.33. The van der Waals surface area contributed by atoms with E-state index in [2.05, 4.69) is 4.72 Å². The van der Waals surface area contributed by atoms with Crippen LogP contribution in [0.3, 0.4) is 0 Å². The maximum atomic E-state index is 11.9. The summed E-state index contributed by atoms with van der Waals surface area (Å²) in [6.07, 6.45) is -0.742. The van der Waals surface area contributed by atoms with Gasteiger partial charge in [-0.05, 0) is 24.1 Å². The maximum Gasteiger partial charge on any atom is 0.242 e. The monoisotopic (exact) mass is 292 g/mol. The molecule has 1 aromatic rings. The van der Waals surface area contributed by atoms with Crippen LogP contribution in [0.5, 0.6) is 0 Å². The molecular formula is C11H17ClN2O3S. The number of nitrogens with one attached hydrogen (secondary N) is 1. The largest absolute Gasteiger partial charge is 0.398 e. The molecule has 0 radical (unpaired) electrons. The van der Waals surface area contributed by atoms with E-state index in [4.69, 9.17) is 17.3 Å². The topological polar surface area (TPSA) is 92.4 Å². The van der Waals surface area contributed by atoms with Crippen LogP contribution >= 0.6 is 11.6 Å². The van der Waals surface area contributed by atoms with E-state index in [-0.39, 0.29) is 23.0 Å². The number of anilines is 1. The lowest BCUT2D eigenvalue weighted by molar-refractivity contribution is 0.129. The molecule has 0 aliphatic rings. The molecular weight excluding hydrogens is 276 g/mol. The SMILES string of the molecule is CC(C)C(O)CNS(=O)(=O)c1ccc(Cl)cc1N. The van der Waals surface area contributed by atoms with Crippen LogP contribution in [0.2, 0.25) is 5.02 Å². The number of nitrogen functional groups attached to an aromatic ring is 1. The summed E-state index contributed by atoms with van der Waals surface area (Å²) in [6, 6.07) is 4.15. The van der Waals surface area contributed by atoms with Gasteiger partial charge in [0.15, 0.2) is 0 Å². The molecule has 0 fully saturated rings. The van der Waals surface area contributed by atoms with Gasteiger partial charge in [-0.2, -0.15) is 0 Å². The fraction of sp³-hybridized carbons (Fsp3) is 0.455. The van der Waals surface area contributed by atoms with Crippen LogP contribution in [0.15, 0.2) is 23.1 Å². The van der Waals surface area contributed by atoms with Crippen molar-refractivity contribution in [1.29, 1.82) is 0 Å². The van der Waals surface area contributed by atoms with E-state index in [9.17, 15) is 13.5 Å². The van der Waals surface area contributed by atoms with E-state index >= 15 is 0 Å². The van der Waals surface area contributed by atoms with E-state index < -0.39 is 16.1 Å². The van der Waals surface area contributed by atoms with Gasteiger partial charge in [-0.15, -0.1) is 0 Å². The first-order valence-electron chi connectivity index (χ1n) is 5.47. The van der Waals surface area contributed by atoms with E-state index in [1.807, 2.05) is 0 Å². The highest BCUT2D eigenvalue weighted by Crippen LogP contribution is 2.22. The Morgan fingerprint density at radius 2 is 2.06 bits per heavy atom. The third kappa shape index (κ3) is 3.84. The number of rotatable bonds is 5. The van der Waals surface area contributed by atoms with Gasteiger partial charge in [-0.3, -0.25) is 0 Å². The summed E-state index contributed by atoms with van der Waals surface area (Å²) >= 11 is 5.70. The van der Waals surface area contributed by atoms with Gasteiger partial charge in [-0.1, -0.05) is 25.4 Å². The average molecular weight is 293 g/mol. The minimum absolute atomic E-state index is 0.0322. The van der Waals surface area contributed by atoms with Gasteiger partial charge in [0.05, 0.1) is 11.8 Å². The second-order valence-corrected chi connectivity index (χ2v) is 6.52. The predicted molar refractivity (Wildman–Crippen MR) is 71.9 cm³/mol. The zero-order valence-electron chi connectivity index (χ0n) is 10.2. The molecule has 0 saturated carbocycles. The molecule has 102 valence electrons.